The summed E-state index contributed by atoms with van der Waals surface area (Å²) in [7, 11) is 0. The van der Waals surface area contributed by atoms with Crippen LogP contribution in [0.5, 0.6) is 0 Å². The molecule has 1 aliphatic rings. The van der Waals surface area contributed by atoms with E-state index in [0.717, 1.165) is 49.4 Å². The first-order valence-corrected chi connectivity index (χ1v) is 10.6. The largest absolute Gasteiger partial charge is 0.339 e. The molecular weight excluding hydrogens is 364 g/mol. The van der Waals surface area contributed by atoms with Crippen molar-refractivity contribution >= 4 is 17.5 Å². The van der Waals surface area contributed by atoms with Crippen molar-refractivity contribution in [3.05, 3.63) is 46.8 Å². The van der Waals surface area contributed by atoms with Gasteiger partial charge in [-0.1, -0.05) is 26.0 Å². The van der Waals surface area contributed by atoms with Crippen LogP contribution in [0.15, 0.2) is 24.3 Å². The Kier molecular flexibility index (Phi) is 6.72. The fraction of sp³-hybridized carbons (Fsp3) is 0.522. The zero-order valence-corrected chi connectivity index (χ0v) is 18.0. The van der Waals surface area contributed by atoms with Crippen LogP contribution in [0.4, 0.5) is 5.69 Å². The Morgan fingerprint density at radius 3 is 2.48 bits per heavy atom. The van der Waals surface area contributed by atoms with E-state index in [4.69, 9.17) is 0 Å². The summed E-state index contributed by atoms with van der Waals surface area (Å²) in [6.45, 7) is 10.7. The van der Waals surface area contributed by atoms with Crippen molar-refractivity contribution in [2.45, 2.75) is 59.9 Å². The first-order valence-electron chi connectivity index (χ1n) is 10.6. The molecule has 2 heterocycles. The Labute approximate surface area is 173 Å². The molecule has 0 radical (unpaired) electrons. The SMILES string of the molecule is Cc1nn(CC(C)C)c(C)c1CC(=O)Nc1ccccc1C(=O)N1CCCCC1. The molecule has 1 aliphatic heterocycles. The number of rotatable bonds is 6. The summed E-state index contributed by atoms with van der Waals surface area (Å²) in [4.78, 5) is 27.6. The summed E-state index contributed by atoms with van der Waals surface area (Å²) in [6, 6.07) is 7.29. The van der Waals surface area contributed by atoms with Crippen LogP contribution >= 0.6 is 0 Å². The number of likely N-dealkylation sites (tertiary alicyclic amines) is 1. The van der Waals surface area contributed by atoms with Crippen molar-refractivity contribution in [3.8, 4) is 0 Å². The predicted octanol–water partition coefficient (Wildman–Crippen LogP) is 3.96. The Morgan fingerprint density at radius 1 is 1.10 bits per heavy atom. The summed E-state index contributed by atoms with van der Waals surface area (Å²) in [5.41, 5.74) is 4.02. The molecule has 1 aromatic heterocycles. The van der Waals surface area contributed by atoms with E-state index >= 15 is 0 Å². The van der Waals surface area contributed by atoms with Crippen LogP contribution in [0.2, 0.25) is 0 Å². The number of nitrogens with zero attached hydrogens (tertiary/aromatic N) is 3. The number of para-hydroxylation sites is 1. The zero-order valence-electron chi connectivity index (χ0n) is 18.0. The van der Waals surface area contributed by atoms with Crippen molar-refractivity contribution in [1.29, 1.82) is 0 Å². The number of aromatic nitrogens is 2. The highest BCUT2D eigenvalue weighted by Gasteiger charge is 2.22. The smallest absolute Gasteiger partial charge is 0.255 e. The fourth-order valence-corrected chi connectivity index (χ4v) is 3.91. The molecule has 1 saturated heterocycles. The van der Waals surface area contributed by atoms with Crippen LogP contribution in [-0.4, -0.2) is 39.6 Å². The van der Waals surface area contributed by atoms with E-state index in [0.29, 0.717) is 17.2 Å². The van der Waals surface area contributed by atoms with E-state index in [1.807, 2.05) is 35.6 Å². The van der Waals surface area contributed by atoms with Gasteiger partial charge in [0.2, 0.25) is 5.91 Å². The van der Waals surface area contributed by atoms with Crippen molar-refractivity contribution in [3.63, 3.8) is 0 Å². The molecule has 1 N–H and O–H groups in total. The molecule has 0 bridgehead atoms. The molecule has 1 fully saturated rings. The molecule has 1 aromatic carbocycles. The van der Waals surface area contributed by atoms with Gasteiger partial charge in [-0.25, -0.2) is 0 Å². The second kappa shape index (κ2) is 9.25. The van der Waals surface area contributed by atoms with Gasteiger partial charge < -0.3 is 10.2 Å². The molecule has 0 unspecified atom stereocenters. The minimum Gasteiger partial charge on any atom is -0.339 e. The lowest BCUT2D eigenvalue weighted by molar-refractivity contribution is -0.115. The lowest BCUT2D eigenvalue weighted by atomic mass is 10.1. The molecule has 3 rings (SSSR count). The number of carbonyl (C=O) groups is 2. The van der Waals surface area contributed by atoms with Gasteiger partial charge in [0, 0.05) is 30.9 Å². The minimum absolute atomic E-state index is 0.00212. The molecule has 29 heavy (non-hydrogen) atoms. The molecule has 2 aromatic rings. The molecule has 2 amide bonds. The van der Waals surface area contributed by atoms with Gasteiger partial charge in [-0.05, 0) is 51.2 Å². The van der Waals surface area contributed by atoms with Gasteiger partial charge in [0.05, 0.1) is 23.4 Å². The van der Waals surface area contributed by atoms with Crippen LogP contribution in [0.1, 0.15) is 60.4 Å². The molecule has 0 spiro atoms. The van der Waals surface area contributed by atoms with Crippen molar-refractivity contribution in [2.24, 2.45) is 5.92 Å². The predicted molar refractivity (Wildman–Crippen MR) is 115 cm³/mol. The van der Waals surface area contributed by atoms with E-state index in [1.54, 1.807) is 12.1 Å². The first-order chi connectivity index (χ1) is 13.9. The molecule has 0 saturated carbocycles. The lowest BCUT2D eigenvalue weighted by Crippen LogP contribution is -2.36. The van der Waals surface area contributed by atoms with Crippen LogP contribution < -0.4 is 5.32 Å². The maximum Gasteiger partial charge on any atom is 0.255 e. The summed E-state index contributed by atoms with van der Waals surface area (Å²) in [5, 5.41) is 7.55. The van der Waals surface area contributed by atoms with Crippen molar-refractivity contribution in [2.75, 3.05) is 18.4 Å². The number of amides is 2. The highest BCUT2D eigenvalue weighted by Crippen LogP contribution is 2.21. The summed E-state index contributed by atoms with van der Waals surface area (Å²) in [5.74, 6) is 0.360. The van der Waals surface area contributed by atoms with E-state index in [-0.39, 0.29) is 18.2 Å². The highest BCUT2D eigenvalue weighted by atomic mass is 16.2. The van der Waals surface area contributed by atoms with Gasteiger partial charge in [0.25, 0.3) is 5.91 Å². The number of anilines is 1. The third-order valence-electron chi connectivity index (χ3n) is 5.48. The van der Waals surface area contributed by atoms with Crippen molar-refractivity contribution < 1.29 is 9.59 Å². The van der Waals surface area contributed by atoms with Crippen LogP contribution in [0.25, 0.3) is 0 Å². The standard InChI is InChI=1S/C23H32N4O2/c1-16(2)15-27-18(4)20(17(3)25-27)14-22(28)24-21-11-7-6-10-19(21)23(29)26-12-8-5-9-13-26/h6-7,10-11,16H,5,8-9,12-15H2,1-4H3,(H,24,28). The number of carbonyl (C=O) groups excluding carboxylic acids is 2. The van der Waals surface area contributed by atoms with E-state index < -0.39 is 0 Å². The number of piperidine rings is 1. The molecule has 6 heteroatoms. The van der Waals surface area contributed by atoms with Gasteiger partial charge in [-0.15, -0.1) is 0 Å². The van der Waals surface area contributed by atoms with Crippen LogP contribution in [0.3, 0.4) is 0 Å². The number of hydrogen-bond donors (Lipinski definition) is 1. The van der Waals surface area contributed by atoms with E-state index in [1.165, 1.54) is 6.42 Å². The number of hydrogen-bond acceptors (Lipinski definition) is 3. The quantitative estimate of drug-likeness (QED) is 0.804. The highest BCUT2D eigenvalue weighted by molar-refractivity contribution is 6.04. The third-order valence-corrected chi connectivity index (χ3v) is 5.48. The average molecular weight is 397 g/mol. The minimum atomic E-state index is -0.126. The maximum atomic E-state index is 12.9. The molecule has 0 atom stereocenters. The average Bonchev–Trinajstić information content (AvgIpc) is 2.95. The second-order valence-electron chi connectivity index (χ2n) is 8.35. The summed E-state index contributed by atoms with van der Waals surface area (Å²) in [6.07, 6.45) is 3.51. The normalized spacial score (nSPS) is 14.3. The Hall–Kier alpha value is -2.63. The molecule has 156 valence electrons. The number of nitrogens with one attached hydrogen (secondary N) is 1. The molecule has 6 nitrogen and oxygen atoms in total. The monoisotopic (exact) mass is 396 g/mol. The Balaban J connectivity index is 1.73. The lowest BCUT2D eigenvalue weighted by Gasteiger charge is -2.27. The fourth-order valence-electron chi connectivity index (χ4n) is 3.91. The van der Waals surface area contributed by atoms with E-state index in [9.17, 15) is 9.59 Å². The van der Waals surface area contributed by atoms with Crippen LogP contribution in [0, 0.1) is 19.8 Å². The van der Waals surface area contributed by atoms with Gasteiger partial charge in [0.15, 0.2) is 0 Å². The third kappa shape index (κ3) is 5.05. The van der Waals surface area contributed by atoms with Crippen LogP contribution in [-0.2, 0) is 17.8 Å². The Bertz CT molecular complexity index is 879. The first kappa shape index (κ1) is 21.1. The van der Waals surface area contributed by atoms with Gasteiger partial charge >= 0.3 is 0 Å². The summed E-state index contributed by atoms with van der Waals surface area (Å²) < 4.78 is 1.98. The summed E-state index contributed by atoms with van der Waals surface area (Å²) >= 11 is 0. The Morgan fingerprint density at radius 2 is 1.79 bits per heavy atom. The van der Waals surface area contributed by atoms with E-state index in [2.05, 4.69) is 24.3 Å². The van der Waals surface area contributed by atoms with Crippen molar-refractivity contribution in [1.82, 2.24) is 14.7 Å². The topological polar surface area (TPSA) is 67.2 Å². The van der Waals surface area contributed by atoms with Gasteiger partial charge in [0.1, 0.15) is 0 Å². The number of benzene rings is 1. The second-order valence-corrected chi connectivity index (χ2v) is 8.35. The number of aryl methyl sites for hydroxylation is 1. The van der Waals surface area contributed by atoms with Gasteiger partial charge in [-0.3, -0.25) is 14.3 Å². The zero-order chi connectivity index (χ0) is 21.0. The maximum absolute atomic E-state index is 12.9. The molecule has 0 aliphatic carbocycles. The molecular formula is C23H32N4O2. The van der Waals surface area contributed by atoms with Gasteiger partial charge in [-0.2, -0.15) is 5.10 Å².